The van der Waals surface area contributed by atoms with Crippen LogP contribution in [0.2, 0.25) is 0 Å². The van der Waals surface area contributed by atoms with Crippen LogP contribution in [0.25, 0.3) is 0 Å². The molecule has 0 saturated heterocycles. The molecule has 0 spiro atoms. The van der Waals surface area contributed by atoms with E-state index in [0.717, 1.165) is 4.47 Å². The van der Waals surface area contributed by atoms with Gasteiger partial charge >= 0.3 is 0 Å². The second-order valence-electron chi connectivity index (χ2n) is 3.52. The van der Waals surface area contributed by atoms with E-state index >= 15 is 0 Å². The van der Waals surface area contributed by atoms with Crippen LogP contribution >= 0.6 is 15.9 Å². The van der Waals surface area contributed by atoms with Crippen LogP contribution < -0.4 is 4.74 Å². The minimum absolute atomic E-state index is 0.0540. The summed E-state index contributed by atoms with van der Waals surface area (Å²) in [5.41, 5.74) is 0.0540. The van der Waals surface area contributed by atoms with Crippen LogP contribution in [0.15, 0.2) is 41.1 Å². The molecule has 6 nitrogen and oxygen atoms in total. The van der Waals surface area contributed by atoms with Crippen molar-refractivity contribution in [2.75, 3.05) is 6.61 Å². The van der Waals surface area contributed by atoms with Gasteiger partial charge in [-0.1, -0.05) is 0 Å². The Kier molecular flexibility index (Phi) is 3.93. The maximum atomic E-state index is 10.5. The van der Waals surface area contributed by atoms with Crippen LogP contribution in [0.5, 0.6) is 5.75 Å². The highest BCUT2D eigenvalue weighted by Gasteiger charge is 2.04. The molecule has 18 heavy (non-hydrogen) atoms. The van der Waals surface area contributed by atoms with Gasteiger partial charge in [-0.15, -0.1) is 0 Å². The Morgan fingerprint density at radius 2 is 2.11 bits per heavy atom. The van der Waals surface area contributed by atoms with Gasteiger partial charge in [0.2, 0.25) is 0 Å². The zero-order valence-electron chi connectivity index (χ0n) is 9.32. The standard InChI is InChI=1S/C11H10BrN3O3/c12-9-7-13-14(8-9)5-6-18-11-3-1-10(2-4-11)15(16)17/h1-4,7-8H,5-6H2. The largest absolute Gasteiger partial charge is 0.492 e. The van der Waals surface area contributed by atoms with Crippen molar-refractivity contribution in [2.45, 2.75) is 6.54 Å². The SMILES string of the molecule is O=[N+]([O-])c1ccc(OCCn2cc(Br)cn2)cc1. The lowest BCUT2D eigenvalue weighted by Crippen LogP contribution is -2.08. The molecule has 0 aliphatic carbocycles. The van der Waals surface area contributed by atoms with Crippen molar-refractivity contribution < 1.29 is 9.66 Å². The minimum Gasteiger partial charge on any atom is -0.492 e. The van der Waals surface area contributed by atoms with E-state index in [1.807, 2.05) is 6.20 Å². The summed E-state index contributed by atoms with van der Waals surface area (Å²) in [7, 11) is 0. The fourth-order valence-corrected chi connectivity index (χ4v) is 1.71. The van der Waals surface area contributed by atoms with Crippen LogP contribution in [-0.2, 0) is 6.54 Å². The second-order valence-corrected chi connectivity index (χ2v) is 4.44. The van der Waals surface area contributed by atoms with Gasteiger partial charge < -0.3 is 4.74 Å². The van der Waals surface area contributed by atoms with Crippen molar-refractivity contribution in [3.63, 3.8) is 0 Å². The topological polar surface area (TPSA) is 70.2 Å². The highest BCUT2D eigenvalue weighted by molar-refractivity contribution is 9.10. The lowest BCUT2D eigenvalue weighted by molar-refractivity contribution is -0.384. The van der Waals surface area contributed by atoms with Crippen LogP contribution in [0.1, 0.15) is 0 Å². The highest BCUT2D eigenvalue weighted by atomic mass is 79.9. The summed E-state index contributed by atoms with van der Waals surface area (Å²) < 4.78 is 8.12. The first-order valence-electron chi connectivity index (χ1n) is 5.20. The number of halogens is 1. The summed E-state index contributed by atoms with van der Waals surface area (Å²) in [6, 6.07) is 5.99. The predicted molar refractivity (Wildman–Crippen MR) is 68.5 cm³/mol. The van der Waals surface area contributed by atoms with Gasteiger partial charge in [0.1, 0.15) is 12.4 Å². The van der Waals surface area contributed by atoms with Crippen molar-refractivity contribution in [3.8, 4) is 5.75 Å². The molecule has 1 aromatic heterocycles. The maximum Gasteiger partial charge on any atom is 0.269 e. The van der Waals surface area contributed by atoms with Crippen LogP contribution in [0, 0.1) is 10.1 Å². The smallest absolute Gasteiger partial charge is 0.269 e. The fraction of sp³-hybridized carbons (Fsp3) is 0.182. The summed E-state index contributed by atoms with van der Waals surface area (Å²) >= 11 is 3.30. The number of hydrogen-bond acceptors (Lipinski definition) is 4. The molecule has 7 heteroatoms. The van der Waals surface area contributed by atoms with Crippen molar-refractivity contribution in [1.29, 1.82) is 0 Å². The summed E-state index contributed by atoms with van der Waals surface area (Å²) in [5.74, 6) is 0.604. The lowest BCUT2D eigenvalue weighted by atomic mass is 10.3. The van der Waals surface area contributed by atoms with Gasteiger partial charge in [-0.25, -0.2) is 0 Å². The molecule has 0 unspecified atom stereocenters. The second kappa shape index (κ2) is 5.63. The molecule has 0 saturated carbocycles. The van der Waals surface area contributed by atoms with E-state index in [2.05, 4.69) is 21.0 Å². The average molecular weight is 312 g/mol. The summed E-state index contributed by atoms with van der Waals surface area (Å²) in [6.45, 7) is 1.06. The van der Waals surface area contributed by atoms with E-state index in [4.69, 9.17) is 4.74 Å². The molecule has 0 N–H and O–H groups in total. The molecule has 0 fully saturated rings. The molecule has 0 aliphatic heterocycles. The van der Waals surface area contributed by atoms with Crippen molar-refractivity contribution in [2.24, 2.45) is 0 Å². The zero-order valence-corrected chi connectivity index (χ0v) is 10.9. The Balaban J connectivity index is 1.85. The zero-order chi connectivity index (χ0) is 13.0. The van der Waals surface area contributed by atoms with Gasteiger partial charge in [0.05, 0.1) is 22.1 Å². The number of hydrogen-bond donors (Lipinski definition) is 0. The molecule has 1 heterocycles. The van der Waals surface area contributed by atoms with E-state index in [-0.39, 0.29) is 5.69 Å². The Hall–Kier alpha value is -1.89. The predicted octanol–water partition coefficient (Wildman–Crippen LogP) is 2.63. The molecule has 2 aromatic rings. The Labute approximate surface area is 111 Å². The normalized spacial score (nSPS) is 10.3. The lowest BCUT2D eigenvalue weighted by Gasteiger charge is -2.05. The minimum atomic E-state index is -0.439. The first-order valence-corrected chi connectivity index (χ1v) is 5.99. The number of non-ortho nitro benzene ring substituents is 1. The van der Waals surface area contributed by atoms with Gasteiger partial charge in [-0.3, -0.25) is 14.8 Å². The quantitative estimate of drug-likeness (QED) is 0.628. The average Bonchev–Trinajstić information content (AvgIpc) is 2.76. The molecular formula is C11H10BrN3O3. The third-order valence-electron chi connectivity index (χ3n) is 2.24. The van der Waals surface area contributed by atoms with Crippen molar-refractivity contribution >= 4 is 21.6 Å². The molecule has 0 amide bonds. The van der Waals surface area contributed by atoms with Crippen molar-refractivity contribution in [3.05, 3.63) is 51.2 Å². The van der Waals surface area contributed by atoms with E-state index < -0.39 is 4.92 Å². The van der Waals surface area contributed by atoms with E-state index in [9.17, 15) is 10.1 Å². The van der Waals surface area contributed by atoms with Crippen LogP contribution in [0.3, 0.4) is 0 Å². The van der Waals surface area contributed by atoms with Gasteiger partial charge in [-0.2, -0.15) is 5.10 Å². The van der Waals surface area contributed by atoms with E-state index in [1.165, 1.54) is 12.1 Å². The molecule has 0 radical (unpaired) electrons. The molecule has 0 bridgehead atoms. The maximum absolute atomic E-state index is 10.5. The molecule has 2 rings (SSSR count). The molecule has 0 aliphatic rings. The van der Waals surface area contributed by atoms with Gasteiger partial charge in [0.25, 0.3) is 5.69 Å². The number of nitro groups is 1. The molecule has 1 aromatic carbocycles. The van der Waals surface area contributed by atoms with Crippen LogP contribution in [0.4, 0.5) is 5.69 Å². The van der Waals surface area contributed by atoms with Gasteiger partial charge in [0, 0.05) is 18.3 Å². The number of nitro benzene ring substituents is 1. The number of nitrogens with zero attached hydrogens (tertiary/aromatic N) is 3. The first-order chi connectivity index (χ1) is 8.65. The monoisotopic (exact) mass is 311 g/mol. The number of aromatic nitrogens is 2. The third kappa shape index (κ3) is 3.30. The summed E-state index contributed by atoms with van der Waals surface area (Å²) in [4.78, 5) is 10.0. The Morgan fingerprint density at radius 1 is 1.39 bits per heavy atom. The fourth-order valence-electron chi connectivity index (χ4n) is 1.38. The highest BCUT2D eigenvalue weighted by Crippen LogP contribution is 2.17. The van der Waals surface area contributed by atoms with E-state index in [0.29, 0.717) is 18.9 Å². The van der Waals surface area contributed by atoms with Crippen molar-refractivity contribution in [1.82, 2.24) is 9.78 Å². The van der Waals surface area contributed by atoms with Gasteiger partial charge in [-0.05, 0) is 28.1 Å². The molecule has 0 atom stereocenters. The molecular weight excluding hydrogens is 302 g/mol. The number of rotatable bonds is 5. The van der Waals surface area contributed by atoms with Crippen LogP contribution in [-0.4, -0.2) is 21.3 Å². The number of ether oxygens (including phenoxy) is 1. The molecule has 94 valence electrons. The Morgan fingerprint density at radius 3 is 2.67 bits per heavy atom. The first kappa shape index (κ1) is 12.6. The third-order valence-corrected chi connectivity index (χ3v) is 2.65. The van der Waals surface area contributed by atoms with E-state index in [1.54, 1.807) is 23.0 Å². The number of benzene rings is 1. The van der Waals surface area contributed by atoms with Gasteiger partial charge in [0.15, 0.2) is 0 Å². The summed E-state index contributed by atoms with van der Waals surface area (Å²) in [5, 5.41) is 14.5. The Bertz CT molecular complexity index is 539. The summed E-state index contributed by atoms with van der Waals surface area (Å²) in [6.07, 6.45) is 3.55.